The third kappa shape index (κ3) is 5.05. The van der Waals surface area contributed by atoms with Gasteiger partial charge in [-0.2, -0.15) is 5.10 Å². The fourth-order valence-corrected chi connectivity index (χ4v) is 5.75. The minimum absolute atomic E-state index is 0.0871. The van der Waals surface area contributed by atoms with Crippen molar-refractivity contribution in [3.05, 3.63) is 54.4 Å². The molecule has 0 saturated carbocycles. The van der Waals surface area contributed by atoms with E-state index in [4.69, 9.17) is 9.47 Å². The van der Waals surface area contributed by atoms with Gasteiger partial charge in [0, 0.05) is 56.7 Å². The molecule has 37 heavy (non-hydrogen) atoms. The van der Waals surface area contributed by atoms with Crippen LogP contribution in [-0.4, -0.2) is 90.1 Å². The second-order valence-electron chi connectivity index (χ2n) is 10.8. The van der Waals surface area contributed by atoms with E-state index in [0.29, 0.717) is 38.3 Å². The van der Waals surface area contributed by atoms with Crippen molar-refractivity contribution in [2.45, 2.75) is 44.8 Å². The first-order valence-electron chi connectivity index (χ1n) is 13.6. The van der Waals surface area contributed by atoms with Crippen molar-refractivity contribution < 1.29 is 14.3 Å². The first kappa shape index (κ1) is 24.2. The number of carbonyl (C=O) groups is 1. The Balaban J connectivity index is 1.15. The number of ether oxygens (including phenoxy) is 2. The Morgan fingerprint density at radius 1 is 1.03 bits per heavy atom. The predicted molar refractivity (Wildman–Crippen MR) is 144 cm³/mol. The molecule has 3 aliphatic heterocycles. The first-order chi connectivity index (χ1) is 18.0. The van der Waals surface area contributed by atoms with E-state index in [2.05, 4.69) is 71.3 Å². The maximum Gasteiger partial charge on any atom is 0.410 e. The van der Waals surface area contributed by atoms with Crippen LogP contribution in [0.4, 0.5) is 10.5 Å². The lowest BCUT2D eigenvalue weighted by atomic mass is 9.89. The smallest absolute Gasteiger partial charge is 0.410 e. The van der Waals surface area contributed by atoms with Crippen molar-refractivity contribution in [2.24, 2.45) is 0 Å². The Bertz CT molecular complexity index is 1230. The zero-order valence-corrected chi connectivity index (χ0v) is 21.9. The van der Waals surface area contributed by atoms with Crippen molar-refractivity contribution in [1.29, 1.82) is 0 Å². The molecule has 0 N–H and O–H groups in total. The molecule has 0 aliphatic carbocycles. The van der Waals surface area contributed by atoms with Crippen molar-refractivity contribution in [1.82, 2.24) is 19.4 Å². The molecule has 3 saturated heterocycles. The SMILES string of the molecule is CC(C)N1CCC[C@@H](c2ccc(-c3cc4c(N5CCN(C(=O)OC6COC6)CC5)ccnn4c3)cc2)C1. The Hall–Kier alpha value is -3.10. The van der Waals surface area contributed by atoms with E-state index in [1.54, 1.807) is 4.90 Å². The molecular weight excluding hydrogens is 466 g/mol. The van der Waals surface area contributed by atoms with Crippen LogP contribution in [0.5, 0.6) is 0 Å². The van der Waals surface area contributed by atoms with E-state index in [0.717, 1.165) is 30.8 Å². The van der Waals surface area contributed by atoms with E-state index < -0.39 is 0 Å². The first-order valence-corrected chi connectivity index (χ1v) is 13.6. The molecule has 1 atom stereocenters. The highest BCUT2D eigenvalue weighted by molar-refractivity contribution is 5.80. The van der Waals surface area contributed by atoms with Crippen LogP contribution in [0.25, 0.3) is 16.6 Å². The van der Waals surface area contributed by atoms with Crippen LogP contribution in [0.15, 0.2) is 48.8 Å². The van der Waals surface area contributed by atoms with Crippen molar-refractivity contribution in [2.75, 3.05) is 57.4 Å². The van der Waals surface area contributed by atoms with Gasteiger partial charge in [0.05, 0.1) is 24.4 Å². The van der Waals surface area contributed by atoms with Crippen molar-refractivity contribution >= 4 is 17.3 Å². The summed E-state index contributed by atoms with van der Waals surface area (Å²) in [5.41, 5.74) is 6.06. The number of rotatable bonds is 5. The highest BCUT2D eigenvalue weighted by atomic mass is 16.6. The standard InChI is InChI=1S/C29H37N5O3/c1-21(2)33-11-3-4-24(17-33)22-5-7-23(8-6-22)25-16-28-27(9-10-30-34(28)18-25)31-12-14-32(15-13-31)29(35)37-26-19-36-20-26/h5-10,16,18,21,24,26H,3-4,11-15,17,19-20H2,1-2H3/t24-/m1/s1. The Morgan fingerprint density at radius 2 is 1.81 bits per heavy atom. The number of amides is 1. The number of piperidine rings is 1. The zero-order chi connectivity index (χ0) is 25.4. The van der Waals surface area contributed by atoms with Gasteiger partial charge in [-0.15, -0.1) is 0 Å². The quantitative estimate of drug-likeness (QED) is 0.519. The Morgan fingerprint density at radius 3 is 2.51 bits per heavy atom. The topological polar surface area (TPSA) is 62.5 Å². The Labute approximate surface area is 218 Å². The molecule has 5 heterocycles. The molecule has 3 fully saturated rings. The molecule has 2 aromatic heterocycles. The van der Waals surface area contributed by atoms with Crippen LogP contribution >= 0.6 is 0 Å². The minimum atomic E-state index is -0.230. The lowest BCUT2D eigenvalue weighted by Gasteiger charge is -2.37. The molecule has 8 heteroatoms. The summed E-state index contributed by atoms with van der Waals surface area (Å²) in [7, 11) is 0. The van der Waals surface area contributed by atoms with Gasteiger partial charge in [-0.25, -0.2) is 9.31 Å². The van der Waals surface area contributed by atoms with Crippen LogP contribution in [0.2, 0.25) is 0 Å². The molecule has 8 nitrogen and oxygen atoms in total. The van der Waals surface area contributed by atoms with Crippen molar-refractivity contribution in [3.63, 3.8) is 0 Å². The summed E-state index contributed by atoms with van der Waals surface area (Å²) in [6.07, 6.45) is 6.20. The maximum absolute atomic E-state index is 12.4. The van der Waals surface area contributed by atoms with Gasteiger partial charge in [0.25, 0.3) is 0 Å². The highest BCUT2D eigenvalue weighted by Gasteiger charge is 2.29. The van der Waals surface area contributed by atoms with Crippen molar-refractivity contribution in [3.8, 4) is 11.1 Å². The average molecular weight is 504 g/mol. The molecule has 6 rings (SSSR count). The molecule has 3 aliphatic rings. The summed E-state index contributed by atoms with van der Waals surface area (Å²) in [5.74, 6) is 0.615. The van der Waals surface area contributed by atoms with Gasteiger partial charge < -0.3 is 24.2 Å². The van der Waals surface area contributed by atoms with E-state index in [1.807, 2.05) is 10.7 Å². The summed E-state index contributed by atoms with van der Waals surface area (Å²) >= 11 is 0. The number of likely N-dealkylation sites (tertiary alicyclic amines) is 1. The van der Waals surface area contributed by atoms with Gasteiger partial charge in [0.15, 0.2) is 6.10 Å². The molecule has 1 aromatic carbocycles. The molecule has 1 amide bonds. The van der Waals surface area contributed by atoms with Crippen LogP contribution in [0.3, 0.4) is 0 Å². The lowest BCUT2D eigenvalue weighted by Crippen LogP contribution is -2.51. The molecule has 0 spiro atoms. The molecule has 0 unspecified atom stereocenters. The number of anilines is 1. The Kier molecular flexibility index (Phi) is 6.78. The summed E-state index contributed by atoms with van der Waals surface area (Å²) < 4.78 is 12.6. The number of piperazine rings is 1. The normalized spacial score (nSPS) is 21.4. The third-order valence-corrected chi connectivity index (χ3v) is 8.14. The van der Waals surface area contributed by atoms with Gasteiger partial charge in [0.1, 0.15) is 0 Å². The minimum Gasteiger partial charge on any atom is -0.441 e. The summed E-state index contributed by atoms with van der Waals surface area (Å²) in [4.78, 5) is 19.1. The van der Waals surface area contributed by atoms with Crippen LogP contribution < -0.4 is 4.90 Å². The number of carbonyl (C=O) groups excluding carboxylic acids is 1. The summed E-state index contributed by atoms with van der Waals surface area (Å²) in [6, 6.07) is 14.1. The molecule has 3 aromatic rings. The number of nitrogens with zero attached hydrogens (tertiary/aromatic N) is 5. The largest absolute Gasteiger partial charge is 0.441 e. The van der Waals surface area contributed by atoms with Gasteiger partial charge in [-0.05, 0) is 62.4 Å². The average Bonchev–Trinajstić information content (AvgIpc) is 3.35. The number of benzene rings is 1. The fourth-order valence-electron chi connectivity index (χ4n) is 5.75. The predicted octanol–water partition coefficient (Wildman–Crippen LogP) is 4.25. The van der Waals surface area contributed by atoms with Crippen LogP contribution in [0, 0.1) is 0 Å². The molecule has 196 valence electrons. The monoisotopic (exact) mass is 503 g/mol. The number of hydrogen-bond donors (Lipinski definition) is 0. The van der Waals surface area contributed by atoms with Crippen LogP contribution in [0.1, 0.15) is 38.2 Å². The van der Waals surface area contributed by atoms with E-state index in [1.165, 1.54) is 36.1 Å². The van der Waals surface area contributed by atoms with Gasteiger partial charge in [0.2, 0.25) is 0 Å². The summed E-state index contributed by atoms with van der Waals surface area (Å²) in [5, 5.41) is 4.58. The van der Waals surface area contributed by atoms with E-state index in [9.17, 15) is 4.79 Å². The van der Waals surface area contributed by atoms with E-state index in [-0.39, 0.29) is 12.2 Å². The number of fused-ring (bicyclic) bond motifs is 1. The fraction of sp³-hybridized carbons (Fsp3) is 0.517. The van der Waals surface area contributed by atoms with Crippen LogP contribution in [-0.2, 0) is 9.47 Å². The zero-order valence-electron chi connectivity index (χ0n) is 21.9. The van der Waals surface area contributed by atoms with Gasteiger partial charge >= 0.3 is 6.09 Å². The number of hydrogen-bond acceptors (Lipinski definition) is 6. The molecule has 0 radical (unpaired) electrons. The van der Waals surface area contributed by atoms with Gasteiger partial charge in [-0.3, -0.25) is 0 Å². The second kappa shape index (κ2) is 10.3. The highest BCUT2D eigenvalue weighted by Crippen LogP contribution is 2.32. The third-order valence-electron chi connectivity index (χ3n) is 8.14. The summed E-state index contributed by atoms with van der Waals surface area (Å²) in [6.45, 7) is 10.8. The van der Waals surface area contributed by atoms with E-state index >= 15 is 0 Å². The number of aromatic nitrogens is 2. The lowest BCUT2D eigenvalue weighted by molar-refractivity contribution is -0.104. The molecule has 0 bridgehead atoms. The van der Waals surface area contributed by atoms with Gasteiger partial charge in [-0.1, -0.05) is 24.3 Å². The second-order valence-corrected chi connectivity index (χ2v) is 10.8. The molecular formula is C29H37N5O3. The maximum atomic E-state index is 12.4.